The summed E-state index contributed by atoms with van der Waals surface area (Å²) in [6.45, 7) is 2.38. The number of hydrogen-bond acceptors (Lipinski definition) is 3. The summed E-state index contributed by atoms with van der Waals surface area (Å²) < 4.78 is 18.4. The Morgan fingerprint density at radius 2 is 2.11 bits per heavy atom. The zero-order chi connectivity index (χ0) is 13.8. The standard InChI is InChI=1S/C14H13ClFNO2/c1-2-19-11-5-10(7-17-8-11)14(18)9-3-4-13(16)12(15)6-9/h3-8,14,18H,2H2,1H3. The molecule has 1 unspecified atom stereocenters. The molecule has 0 saturated carbocycles. The van der Waals surface area contributed by atoms with Crippen LogP contribution in [-0.2, 0) is 0 Å². The maximum Gasteiger partial charge on any atom is 0.141 e. The van der Waals surface area contributed by atoms with Crippen molar-refractivity contribution in [2.45, 2.75) is 13.0 Å². The first-order chi connectivity index (χ1) is 9.11. The lowest BCUT2D eigenvalue weighted by Gasteiger charge is -2.13. The zero-order valence-electron chi connectivity index (χ0n) is 10.3. The second-order valence-electron chi connectivity index (χ2n) is 3.96. The molecule has 0 aliphatic rings. The number of aliphatic hydroxyl groups is 1. The molecule has 2 aromatic rings. The smallest absolute Gasteiger partial charge is 0.141 e. The Hall–Kier alpha value is -1.65. The van der Waals surface area contributed by atoms with Gasteiger partial charge in [-0.2, -0.15) is 0 Å². The van der Waals surface area contributed by atoms with Crippen molar-refractivity contribution in [3.05, 3.63) is 58.6 Å². The van der Waals surface area contributed by atoms with E-state index in [4.69, 9.17) is 16.3 Å². The summed E-state index contributed by atoms with van der Waals surface area (Å²) in [7, 11) is 0. The molecule has 0 spiro atoms. The Morgan fingerprint density at radius 1 is 1.32 bits per heavy atom. The Balaban J connectivity index is 2.29. The molecule has 1 aromatic carbocycles. The first kappa shape index (κ1) is 13.8. The Bertz CT molecular complexity index is 577. The number of ether oxygens (including phenoxy) is 1. The zero-order valence-corrected chi connectivity index (χ0v) is 11.1. The van der Waals surface area contributed by atoms with Crippen molar-refractivity contribution in [1.29, 1.82) is 0 Å². The van der Waals surface area contributed by atoms with Crippen LogP contribution in [0.1, 0.15) is 24.2 Å². The fourth-order valence-corrected chi connectivity index (χ4v) is 1.89. The maximum absolute atomic E-state index is 13.1. The van der Waals surface area contributed by atoms with Gasteiger partial charge >= 0.3 is 0 Å². The van der Waals surface area contributed by atoms with E-state index in [2.05, 4.69) is 4.98 Å². The summed E-state index contributed by atoms with van der Waals surface area (Å²) in [6.07, 6.45) is 2.17. The minimum absolute atomic E-state index is 0.0227. The number of nitrogens with zero attached hydrogens (tertiary/aromatic N) is 1. The Kier molecular flexibility index (Phi) is 4.35. The van der Waals surface area contributed by atoms with Gasteiger partial charge in [0.1, 0.15) is 17.7 Å². The minimum atomic E-state index is -0.925. The maximum atomic E-state index is 13.1. The van der Waals surface area contributed by atoms with Crippen LogP contribution in [0, 0.1) is 5.82 Å². The molecule has 0 aliphatic carbocycles. The molecule has 1 aromatic heterocycles. The second kappa shape index (κ2) is 5.99. The molecular formula is C14H13ClFNO2. The number of benzene rings is 1. The lowest BCUT2D eigenvalue weighted by atomic mass is 10.0. The predicted octanol–water partition coefficient (Wildman–Crippen LogP) is 3.35. The quantitative estimate of drug-likeness (QED) is 0.934. The topological polar surface area (TPSA) is 42.4 Å². The average molecular weight is 282 g/mol. The lowest BCUT2D eigenvalue weighted by molar-refractivity contribution is 0.219. The summed E-state index contributed by atoms with van der Waals surface area (Å²) >= 11 is 5.70. The highest BCUT2D eigenvalue weighted by Crippen LogP contribution is 2.27. The molecule has 3 nitrogen and oxygen atoms in total. The summed E-state index contributed by atoms with van der Waals surface area (Å²) in [5.41, 5.74) is 1.07. The van der Waals surface area contributed by atoms with Crippen LogP contribution >= 0.6 is 11.6 Å². The minimum Gasteiger partial charge on any atom is -0.492 e. The Morgan fingerprint density at radius 3 is 2.79 bits per heavy atom. The van der Waals surface area contributed by atoms with Crippen LogP contribution in [0.2, 0.25) is 5.02 Å². The average Bonchev–Trinajstić information content (AvgIpc) is 2.42. The molecular weight excluding hydrogens is 269 g/mol. The van der Waals surface area contributed by atoms with E-state index in [9.17, 15) is 9.50 Å². The van der Waals surface area contributed by atoms with Crippen LogP contribution in [0.5, 0.6) is 5.75 Å². The SMILES string of the molecule is CCOc1cncc(C(O)c2ccc(F)c(Cl)c2)c1. The van der Waals surface area contributed by atoms with Gasteiger partial charge in [0.05, 0.1) is 17.8 Å². The van der Waals surface area contributed by atoms with E-state index in [0.29, 0.717) is 23.5 Å². The van der Waals surface area contributed by atoms with E-state index in [1.54, 1.807) is 12.3 Å². The van der Waals surface area contributed by atoms with Gasteiger partial charge in [-0.05, 0) is 30.7 Å². The molecule has 0 bridgehead atoms. The molecule has 1 heterocycles. The number of rotatable bonds is 4. The molecule has 19 heavy (non-hydrogen) atoms. The highest BCUT2D eigenvalue weighted by atomic mass is 35.5. The first-order valence-electron chi connectivity index (χ1n) is 5.82. The molecule has 0 aliphatic heterocycles. The third kappa shape index (κ3) is 3.22. The summed E-state index contributed by atoms with van der Waals surface area (Å²) in [6, 6.07) is 5.80. The van der Waals surface area contributed by atoms with E-state index >= 15 is 0 Å². The van der Waals surface area contributed by atoms with Crippen LogP contribution in [-0.4, -0.2) is 16.7 Å². The molecule has 0 amide bonds. The van der Waals surface area contributed by atoms with Crippen LogP contribution in [0.15, 0.2) is 36.7 Å². The molecule has 0 radical (unpaired) electrons. The van der Waals surface area contributed by atoms with Gasteiger partial charge in [0.2, 0.25) is 0 Å². The first-order valence-corrected chi connectivity index (χ1v) is 6.20. The van der Waals surface area contributed by atoms with Gasteiger partial charge < -0.3 is 9.84 Å². The molecule has 100 valence electrons. The number of halogens is 2. The molecule has 1 N–H and O–H groups in total. The van der Waals surface area contributed by atoms with Gasteiger partial charge in [0.15, 0.2) is 0 Å². The van der Waals surface area contributed by atoms with Gasteiger partial charge in [-0.25, -0.2) is 4.39 Å². The van der Waals surface area contributed by atoms with Crippen molar-refractivity contribution in [1.82, 2.24) is 4.98 Å². The van der Waals surface area contributed by atoms with Crippen LogP contribution in [0.3, 0.4) is 0 Å². The number of hydrogen-bond donors (Lipinski definition) is 1. The summed E-state index contributed by atoms with van der Waals surface area (Å²) in [5.74, 6) is 0.0612. The van der Waals surface area contributed by atoms with Gasteiger partial charge in [-0.15, -0.1) is 0 Å². The molecule has 0 saturated heterocycles. The molecule has 0 fully saturated rings. The fraction of sp³-hybridized carbons (Fsp3) is 0.214. The van der Waals surface area contributed by atoms with E-state index in [1.165, 1.54) is 24.4 Å². The third-order valence-corrected chi connectivity index (χ3v) is 2.91. The van der Waals surface area contributed by atoms with Crippen molar-refractivity contribution >= 4 is 11.6 Å². The highest BCUT2D eigenvalue weighted by molar-refractivity contribution is 6.30. The lowest BCUT2D eigenvalue weighted by Crippen LogP contribution is -2.02. The largest absolute Gasteiger partial charge is 0.492 e. The third-order valence-electron chi connectivity index (χ3n) is 2.62. The normalized spacial score (nSPS) is 12.2. The number of pyridine rings is 1. The number of aliphatic hydroxyl groups excluding tert-OH is 1. The Labute approximate surface area is 115 Å². The number of aromatic nitrogens is 1. The summed E-state index contributed by atoms with van der Waals surface area (Å²) in [4.78, 5) is 4.00. The van der Waals surface area contributed by atoms with Crippen LogP contribution in [0.4, 0.5) is 4.39 Å². The second-order valence-corrected chi connectivity index (χ2v) is 4.37. The monoisotopic (exact) mass is 281 g/mol. The van der Waals surface area contributed by atoms with Crippen molar-refractivity contribution in [3.8, 4) is 5.75 Å². The van der Waals surface area contributed by atoms with E-state index in [0.717, 1.165) is 0 Å². The van der Waals surface area contributed by atoms with Gasteiger partial charge in [0.25, 0.3) is 0 Å². The van der Waals surface area contributed by atoms with Gasteiger partial charge in [-0.1, -0.05) is 17.7 Å². The van der Waals surface area contributed by atoms with Crippen LogP contribution < -0.4 is 4.74 Å². The fourth-order valence-electron chi connectivity index (χ4n) is 1.71. The van der Waals surface area contributed by atoms with E-state index < -0.39 is 11.9 Å². The highest BCUT2D eigenvalue weighted by Gasteiger charge is 2.13. The predicted molar refractivity (Wildman–Crippen MR) is 70.9 cm³/mol. The molecule has 1 atom stereocenters. The summed E-state index contributed by atoms with van der Waals surface area (Å²) in [5, 5.41) is 10.2. The van der Waals surface area contributed by atoms with Crippen molar-refractivity contribution < 1.29 is 14.2 Å². The van der Waals surface area contributed by atoms with E-state index in [1.807, 2.05) is 6.92 Å². The van der Waals surface area contributed by atoms with Gasteiger partial charge in [0, 0.05) is 11.8 Å². The van der Waals surface area contributed by atoms with Gasteiger partial charge in [-0.3, -0.25) is 4.98 Å². The van der Waals surface area contributed by atoms with Crippen molar-refractivity contribution in [2.24, 2.45) is 0 Å². The van der Waals surface area contributed by atoms with Crippen molar-refractivity contribution in [3.63, 3.8) is 0 Å². The molecule has 2 rings (SSSR count). The van der Waals surface area contributed by atoms with Crippen molar-refractivity contribution in [2.75, 3.05) is 6.61 Å². The van der Waals surface area contributed by atoms with Crippen LogP contribution in [0.25, 0.3) is 0 Å². The molecule has 5 heteroatoms. The van der Waals surface area contributed by atoms with E-state index in [-0.39, 0.29) is 5.02 Å².